The molecule has 1 radical (unpaired) electrons. The number of benzene rings is 1. The Morgan fingerprint density at radius 1 is 1.23 bits per heavy atom. The maximum Gasteiger partial charge on any atom is 0.302 e. The molecule has 1 rings (SSSR count). The van der Waals surface area contributed by atoms with Crippen molar-refractivity contribution in [2.45, 2.75) is 52.4 Å². The molecule has 0 bridgehead atoms. The molecular formula is C17H25BNO3. The van der Waals surface area contributed by atoms with Gasteiger partial charge in [-0.3, -0.25) is 9.59 Å². The molecule has 1 aromatic rings. The minimum absolute atomic E-state index is 0.107. The average Bonchev–Trinajstić information content (AvgIpc) is 2.50. The molecule has 0 saturated heterocycles. The van der Waals surface area contributed by atoms with Crippen molar-refractivity contribution in [2.75, 3.05) is 6.61 Å². The molecule has 0 heterocycles. The monoisotopic (exact) mass is 302 g/mol. The van der Waals surface area contributed by atoms with Gasteiger partial charge in [-0.2, -0.15) is 0 Å². The summed E-state index contributed by atoms with van der Waals surface area (Å²) in [6, 6.07) is 8.34. The zero-order valence-electron chi connectivity index (χ0n) is 13.9. The first kappa shape index (κ1) is 18.3. The van der Waals surface area contributed by atoms with Crippen molar-refractivity contribution in [3.63, 3.8) is 0 Å². The van der Waals surface area contributed by atoms with Gasteiger partial charge in [-0.05, 0) is 24.8 Å². The van der Waals surface area contributed by atoms with Crippen LogP contribution in [0.4, 0.5) is 0 Å². The molecule has 1 aromatic carbocycles. The fourth-order valence-electron chi connectivity index (χ4n) is 2.41. The first-order valence-electron chi connectivity index (χ1n) is 7.71. The second-order valence-corrected chi connectivity index (χ2v) is 5.63. The van der Waals surface area contributed by atoms with Gasteiger partial charge in [-0.15, -0.1) is 0 Å². The summed E-state index contributed by atoms with van der Waals surface area (Å²) >= 11 is 0. The van der Waals surface area contributed by atoms with Crippen LogP contribution in [0.1, 0.15) is 39.2 Å². The van der Waals surface area contributed by atoms with Gasteiger partial charge in [0, 0.05) is 13.8 Å². The van der Waals surface area contributed by atoms with Crippen LogP contribution in [0.3, 0.4) is 0 Å². The van der Waals surface area contributed by atoms with Crippen LogP contribution in [0.2, 0.25) is 6.82 Å². The van der Waals surface area contributed by atoms with Crippen LogP contribution in [0.25, 0.3) is 0 Å². The quantitative estimate of drug-likeness (QED) is 0.589. The number of carbonyl (C=O) groups is 2. The van der Waals surface area contributed by atoms with Gasteiger partial charge < -0.3 is 10.1 Å². The van der Waals surface area contributed by atoms with E-state index in [1.807, 2.05) is 13.7 Å². The van der Waals surface area contributed by atoms with E-state index in [2.05, 4.69) is 36.9 Å². The second-order valence-electron chi connectivity index (χ2n) is 5.63. The molecule has 1 atom stereocenters. The predicted octanol–water partition coefficient (Wildman–Crippen LogP) is 1.84. The summed E-state index contributed by atoms with van der Waals surface area (Å²) in [6.07, 6.45) is 2.26. The SMILES string of the molecule is C[B]c1ccc(CCC(CC)(COC(C)=O)NC(C)=O)cc1. The molecule has 0 aliphatic heterocycles. The maximum absolute atomic E-state index is 11.5. The lowest BCUT2D eigenvalue weighted by Crippen LogP contribution is -2.51. The number of esters is 1. The summed E-state index contributed by atoms with van der Waals surface area (Å²) in [7, 11) is 2.05. The largest absolute Gasteiger partial charge is 0.463 e. The van der Waals surface area contributed by atoms with Crippen LogP contribution in [0, 0.1) is 0 Å². The minimum atomic E-state index is -0.507. The van der Waals surface area contributed by atoms with E-state index in [4.69, 9.17) is 4.74 Å². The van der Waals surface area contributed by atoms with Crippen molar-refractivity contribution in [1.29, 1.82) is 0 Å². The van der Waals surface area contributed by atoms with Crippen molar-refractivity contribution in [2.24, 2.45) is 0 Å². The molecule has 0 aromatic heterocycles. The van der Waals surface area contributed by atoms with Crippen molar-refractivity contribution in [3.05, 3.63) is 29.8 Å². The summed E-state index contributed by atoms with van der Waals surface area (Å²) in [5, 5.41) is 2.97. The highest BCUT2D eigenvalue weighted by Crippen LogP contribution is 2.19. The molecule has 0 aliphatic carbocycles. The van der Waals surface area contributed by atoms with Gasteiger partial charge in [0.1, 0.15) is 13.9 Å². The highest BCUT2D eigenvalue weighted by Gasteiger charge is 2.30. The van der Waals surface area contributed by atoms with E-state index in [-0.39, 0.29) is 18.5 Å². The zero-order chi connectivity index (χ0) is 16.6. The number of aryl methyl sites for hydroxylation is 1. The zero-order valence-corrected chi connectivity index (χ0v) is 13.9. The Morgan fingerprint density at radius 3 is 2.32 bits per heavy atom. The average molecular weight is 302 g/mol. The standard InChI is InChI=1S/C17H25BNO3/c1-5-17(19-13(2)20,12-22-14(3)21)11-10-15-6-8-16(18-4)9-7-15/h6-9H,5,10-12H2,1-4H3,(H,19,20). The van der Waals surface area contributed by atoms with Gasteiger partial charge in [-0.1, -0.05) is 43.5 Å². The van der Waals surface area contributed by atoms with Gasteiger partial charge in [0.2, 0.25) is 5.91 Å². The molecule has 1 N–H and O–H groups in total. The summed E-state index contributed by atoms with van der Waals surface area (Å²) < 4.78 is 5.17. The van der Waals surface area contributed by atoms with Gasteiger partial charge in [-0.25, -0.2) is 0 Å². The van der Waals surface area contributed by atoms with E-state index in [1.54, 1.807) is 0 Å². The van der Waals surface area contributed by atoms with Crippen LogP contribution in [0.5, 0.6) is 0 Å². The molecule has 0 saturated carbocycles. The molecule has 5 heteroatoms. The van der Waals surface area contributed by atoms with Crippen molar-refractivity contribution >= 4 is 24.6 Å². The first-order valence-corrected chi connectivity index (χ1v) is 7.71. The molecule has 0 aliphatic rings. The fraction of sp³-hybridized carbons (Fsp3) is 0.529. The lowest BCUT2D eigenvalue weighted by atomic mass is 9.73. The third-order valence-electron chi connectivity index (χ3n) is 3.87. The van der Waals surface area contributed by atoms with Crippen molar-refractivity contribution in [3.8, 4) is 0 Å². The maximum atomic E-state index is 11.5. The topological polar surface area (TPSA) is 55.4 Å². The number of hydrogen-bond donors (Lipinski definition) is 1. The van der Waals surface area contributed by atoms with E-state index in [1.165, 1.54) is 24.9 Å². The number of hydrogen-bond acceptors (Lipinski definition) is 3. The Balaban J connectivity index is 2.76. The lowest BCUT2D eigenvalue weighted by Gasteiger charge is -2.33. The second kappa shape index (κ2) is 8.62. The van der Waals surface area contributed by atoms with Crippen molar-refractivity contribution < 1.29 is 14.3 Å². The highest BCUT2D eigenvalue weighted by molar-refractivity contribution is 6.51. The van der Waals surface area contributed by atoms with E-state index in [0.717, 1.165) is 12.8 Å². The fourth-order valence-corrected chi connectivity index (χ4v) is 2.41. The summed E-state index contributed by atoms with van der Waals surface area (Å²) in [4.78, 5) is 22.6. The smallest absolute Gasteiger partial charge is 0.302 e. The number of ether oxygens (including phenoxy) is 1. The van der Waals surface area contributed by atoms with E-state index < -0.39 is 5.54 Å². The highest BCUT2D eigenvalue weighted by atomic mass is 16.5. The molecule has 1 unspecified atom stereocenters. The van der Waals surface area contributed by atoms with E-state index in [0.29, 0.717) is 6.42 Å². The van der Waals surface area contributed by atoms with E-state index in [9.17, 15) is 9.59 Å². The van der Waals surface area contributed by atoms with Crippen LogP contribution in [0.15, 0.2) is 24.3 Å². The number of amides is 1. The predicted molar refractivity (Wildman–Crippen MR) is 89.5 cm³/mol. The summed E-state index contributed by atoms with van der Waals surface area (Å²) in [5.41, 5.74) is 1.89. The van der Waals surface area contributed by atoms with Gasteiger partial charge >= 0.3 is 5.97 Å². The van der Waals surface area contributed by atoms with Gasteiger partial charge in [0.25, 0.3) is 0 Å². The van der Waals surface area contributed by atoms with Crippen molar-refractivity contribution in [1.82, 2.24) is 5.32 Å². The molecular weight excluding hydrogens is 277 g/mol. The number of nitrogens with one attached hydrogen (secondary N) is 1. The molecule has 119 valence electrons. The van der Waals surface area contributed by atoms with Crippen LogP contribution < -0.4 is 10.8 Å². The van der Waals surface area contributed by atoms with Crippen LogP contribution >= 0.6 is 0 Å². The van der Waals surface area contributed by atoms with Crippen LogP contribution in [-0.2, 0) is 20.7 Å². The van der Waals surface area contributed by atoms with Crippen LogP contribution in [-0.4, -0.2) is 31.3 Å². The summed E-state index contributed by atoms with van der Waals surface area (Å²) in [6.45, 7) is 7.08. The molecule has 0 spiro atoms. The third-order valence-corrected chi connectivity index (χ3v) is 3.87. The Hall–Kier alpha value is -1.78. The van der Waals surface area contributed by atoms with Gasteiger partial charge in [0.15, 0.2) is 0 Å². The van der Waals surface area contributed by atoms with E-state index >= 15 is 0 Å². The number of rotatable bonds is 8. The molecule has 22 heavy (non-hydrogen) atoms. The number of carbonyl (C=O) groups excluding carboxylic acids is 2. The summed E-state index contributed by atoms with van der Waals surface area (Å²) in [5.74, 6) is -0.434. The molecule has 1 amide bonds. The Morgan fingerprint density at radius 2 is 1.86 bits per heavy atom. The minimum Gasteiger partial charge on any atom is -0.463 e. The molecule has 0 fully saturated rings. The van der Waals surface area contributed by atoms with Gasteiger partial charge in [0.05, 0.1) is 5.54 Å². The molecule has 4 nitrogen and oxygen atoms in total. The third kappa shape index (κ3) is 5.92. The first-order chi connectivity index (χ1) is 10.4. The normalized spacial score (nSPS) is 13.1. The Bertz CT molecular complexity index is 501. The Kier molecular flexibility index (Phi) is 7.16. The lowest BCUT2D eigenvalue weighted by molar-refractivity contribution is -0.144. The Labute approximate surface area is 133 Å².